The van der Waals surface area contributed by atoms with Gasteiger partial charge in [-0.05, 0) is 54.6 Å². The average Bonchev–Trinajstić information content (AvgIpc) is 2.94. The Morgan fingerprint density at radius 2 is 1.56 bits per heavy atom. The predicted molar refractivity (Wildman–Crippen MR) is 151 cm³/mol. The van der Waals surface area contributed by atoms with Gasteiger partial charge in [-0.15, -0.1) is 0 Å². The molecule has 0 spiro atoms. The molecule has 5 aromatic rings. The second-order valence-electron chi connectivity index (χ2n) is 8.24. The quantitative estimate of drug-likeness (QED) is 0.204. The van der Waals surface area contributed by atoms with Crippen LogP contribution in [0.2, 0.25) is 0 Å². The number of para-hydroxylation sites is 2. The number of anilines is 2. The van der Waals surface area contributed by atoms with Gasteiger partial charge in [0, 0.05) is 30.3 Å². The number of benzene rings is 3. The van der Waals surface area contributed by atoms with Gasteiger partial charge in [0.2, 0.25) is 11.9 Å². The number of carbonyl (C=O) groups excluding carboxylic acids is 1. The van der Waals surface area contributed by atoms with Gasteiger partial charge in [-0.1, -0.05) is 42.1 Å². The molecule has 3 aromatic carbocycles. The van der Waals surface area contributed by atoms with Crippen LogP contribution in [-0.4, -0.2) is 39.6 Å². The number of sulfonamides is 1. The van der Waals surface area contributed by atoms with Crippen molar-refractivity contribution in [2.24, 2.45) is 0 Å². The van der Waals surface area contributed by atoms with E-state index in [2.05, 4.69) is 25.0 Å². The summed E-state index contributed by atoms with van der Waals surface area (Å²) in [5, 5.41) is 3.77. The Hall–Kier alpha value is -4.55. The van der Waals surface area contributed by atoms with Crippen LogP contribution in [0, 0.1) is 0 Å². The molecule has 2 N–H and O–H groups in total. The van der Waals surface area contributed by atoms with Crippen LogP contribution in [0.4, 0.5) is 11.6 Å². The van der Waals surface area contributed by atoms with Gasteiger partial charge in [0.25, 0.3) is 15.6 Å². The van der Waals surface area contributed by atoms with Crippen molar-refractivity contribution in [3.8, 4) is 5.69 Å². The molecule has 2 aromatic heterocycles. The number of aromatic nitrogens is 4. The van der Waals surface area contributed by atoms with E-state index >= 15 is 0 Å². The molecule has 0 unspecified atom stereocenters. The minimum Gasteiger partial charge on any atom is -0.326 e. The SMILES string of the molecule is O=C(CCSc1nc2ccccc2c(=O)n1-c1ccccc1)Nc1ccc(S(=O)(=O)Nc2ncccn2)cc1. The molecule has 0 aliphatic carbocycles. The lowest BCUT2D eigenvalue weighted by Crippen LogP contribution is -2.22. The van der Waals surface area contributed by atoms with Gasteiger partial charge in [-0.3, -0.25) is 14.2 Å². The molecule has 0 radical (unpaired) electrons. The van der Waals surface area contributed by atoms with Gasteiger partial charge < -0.3 is 5.32 Å². The first-order chi connectivity index (χ1) is 18.9. The second-order valence-corrected chi connectivity index (χ2v) is 11.0. The van der Waals surface area contributed by atoms with Crippen LogP contribution in [0.15, 0.2) is 112 Å². The Kier molecular flexibility index (Phi) is 7.66. The zero-order valence-corrected chi connectivity index (χ0v) is 22.0. The number of hydrogen-bond acceptors (Lipinski definition) is 8. The van der Waals surface area contributed by atoms with Crippen molar-refractivity contribution >= 4 is 50.2 Å². The number of fused-ring (bicyclic) bond motifs is 1. The van der Waals surface area contributed by atoms with Crippen LogP contribution in [0.1, 0.15) is 6.42 Å². The van der Waals surface area contributed by atoms with Crippen molar-refractivity contribution in [2.75, 3.05) is 15.8 Å². The molecule has 0 fully saturated rings. The summed E-state index contributed by atoms with van der Waals surface area (Å²) in [4.78, 5) is 38.3. The molecule has 0 atom stereocenters. The second kappa shape index (κ2) is 11.5. The lowest BCUT2D eigenvalue weighted by molar-refractivity contribution is -0.115. The smallest absolute Gasteiger partial charge is 0.266 e. The highest BCUT2D eigenvalue weighted by molar-refractivity contribution is 7.99. The first-order valence-electron chi connectivity index (χ1n) is 11.8. The number of nitrogens with one attached hydrogen (secondary N) is 2. The average molecular weight is 559 g/mol. The molecule has 12 heteroatoms. The van der Waals surface area contributed by atoms with E-state index in [4.69, 9.17) is 0 Å². The lowest BCUT2D eigenvalue weighted by atomic mass is 10.2. The maximum atomic E-state index is 13.3. The van der Waals surface area contributed by atoms with Gasteiger partial charge in [-0.25, -0.2) is 28.1 Å². The minimum atomic E-state index is -3.88. The minimum absolute atomic E-state index is 0.00442. The van der Waals surface area contributed by atoms with Crippen LogP contribution >= 0.6 is 11.8 Å². The number of rotatable bonds is 9. The molecule has 10 nitrogen and oxygen atoms in total. The zero-order valence-electron chi connectivity index (χ0n) is 20.4. The normalized spacial score (nSPS) is 11.3. The topological polar surface area (TPSA) is 136 Å². The number of nitrogens with zero attached hydrogens (tertiary/aromatic N) is 4. The maximum Gasteiger partial charge on any atom is 0.266 e. The zero-order chi connectivity index (χ0) is 27.2. The van der Waals surface area contributed by atoms with Crippen molar-refractivity contribution in [3.05, 3.63) is 108 Å². The van der Waals surface area contributed by atoms with E-state index in [9.17, 15) is 18.0 Å². The van der Waals surface area contributed by atoms with E-state index < -0.39 is 10.0 Å². The molecule has 39 heavy (non-hydrogen) atoms. The van der Waals surface area contributed by atoms with Crippen LogP contribution in [0.3, 0.4) is 0 Å². The number of hydrogen-bond donors (Lipinski definition) is 2. The summed E-state index contributed by atoms with van der Waals surface area (Å²) in [5.74, 6) is 0.0750. The van der Waals surface area contributed by atoms with E-state index in [1.807, 2.05) is 36.4 Å². The molecule has 0 saturated carbocycles. The van der Waals surface area contributed by atoms with Gasteiger partial charge in [0.1, 0.15) is 0 Å². The van der Waals surface area contributed by atoms with Crippen molar-refractivity contribution in [2.45, 2.75) is 16.5 Å². The van der Waals surface area contributed by atoms with Gasteiger partial charge >= 0.3 is 0 Å². The Bertz CT molecular complexity index is 1780. The molecular formula is C27H22N6O4S2. The fourth-order valence-corrected chi connectivity index (χ4v) is 5.63. The van der Waals surface area contributed by atoms with Crippen molar-refractivity contribution in [1.82, 2.24) is 19.5 Å². The third-order valence-corrected chi connectivity index (χ3v) is 7.84. The fraction of sp³-hybridized carbons (Fsp3) is 0.0741. The Morgan fingerprint density at radius 1 is 0.872 bits per heavy atom. The Balaban J connectivity index is 1.24. The highest BCUT2D eigenvalue weighted by Gasteiger charge is 2.16. The highest BCUT2D eigenvalue weighted by atomic mass is 32.2. The van der Waals surface area contributed by atoms with Crippen LogP contribution in [-0.2, 0) is 14.8 Å². The lowest BCUT2D eigenvalue weighted by Gasteiger charge is -2.13. The summed E-state index contributed by atoms with van der Waals surface area (Å²) < 4.78 is 28.9. The third-order valence-electron chi connectivity index (χ3n) is 5.56. The Labute approximate surface area is 228 Å². The summed E-state index contributed by atoms with van der Waals surface area (Å²) >= 11 is 1.31. The third kappa shape index (κ3) is 6.13. The molecule has 0 aliphatic heterocycles. The molecular weight excluding hydrogens is 536 g/mol. The first kappa shape index (κ1) is 26.1. The predicted octanol–water partition coefficient (Wildman–Crippen LogP) is 4.10. The van der Waals surface area contributed by atoms with Crippen LogP contribution in [0.5, 0.6) is 0 Å². The van der Waals surface area contributed by atoms with Crippen LogP contribution < -0.4 is 15.6 Å². The molecule has 0 bridgehead atoms. The molecule has 0 saturated heterocycles. The first-order valence-corrected chi connectivity index (χ1v) is 14.3. The van der Waals surface area contributed by atoms with Crippen molar-refractivity contribution < 1.29 is 13.2 Å². The van der Waals surface area contributed by atoms with Gasteiger partial charge in [-0.2, -0.15) is 0 Å². The largest absolute Gasteiger partial charge is 0.326 e. The summed E-state index contributed by atoms with van der Waals surface area (Å²) in [5.41, 5.74) is 1.55. The molecule has 1 amide bonds. The number of carbonyl (C=O) groups is 1. The standard InChI is InChI=1S/C27H22N6O4S2/c34-24(30-19-11-13-21(14-12-19)39(36,37)32-26-28-16-6-17-29-26)15-18-38-27-31-23-10-5-4-9-22(23)25(35)33(27)20-7-2-1-3-8-20/h1-14,16-17H,15,18H2,(H,30,34)(H,28,29,32). The monoisotopic (exact) mass is 558 g/mol. The summed E-state index contributed by atoms with van der Waals surface area (Å²) in [6.45, 7) is 0. The number of amides is 1. The van der Waals surface area contributed by atoms with Crippen molar-refractivity contribution in [1.29, 1.82) is 0 Å². The van der Waals surface area contributed by atoms with E-state index in [1.165, 1.54) is 48.4 Å². The van der Waals surface area contributed by atoms with E-state index in [-0.39, 0.29) is 28.7 Å². The molecule has 2 heterocycles. The van der Waals surface area contributed by atoms with E-state index in [0.29, 0.717) is 33.2 Å². The van der Waals surface area contributed by atoms with Crippen LogP contribution in [0.25, 0.3) is 16.6 Å². The number of thioether (sulfide) groups is 1. The highest BCUT2D eigenvalue weighted by Crippen LogP contribution is 2.22. The van der Waals surface area contributed by atoms with Gasteiger partial charge in [0.05, 0.1) is 21.5 Å². The van der Waals surface area contributed by atoms with E-state index in [1.54, 1.807) is 28.8 Å². The molecule has 5 rings (SSSR count). The van der Waals surface area contributed by atoms with Gasteiger partial charge in [0.15, 0.2) is 5.16 Å². The molecule has 196 valence electrons. The van der Waals surface area contributed by atoms with Crippen molar-refractivity contribution in [3.63, 3.8) is 0 Å². The summed E-state index contributed by atoms with van der Waals surface area (Å²) in [6.07, 6.45) is 3.01. The molecule has 0 aliphatic rings. The summed E-state index contributed by atoms with van der Waals surface area (Å²) in [7, 11) is -3.88. The Morgan fingerprint density at radius 3 is 2.31 bits per heavy atom. The maximum absolute atomic E-state index is 13.3. The van der Waals surface area contributed by atoms with E-state index in [0.717, 1.165) is 0 Å². The summed E-state index contributed by atoms with van der Waals surface area (Å²) in [6, 6.07) is 23.7. The fourth-order valence-electron chi connectivity index (χ4n) is 3.72.